The SMILES string of the molecule is CC(Sc1cccc(C#N)c1)C(=O)Nc1ncccn1. The molecule has 2 rings (SSSR count). The highest BCUT2D eigenvalue weighted by molar-refractivity contribution is 8.00. The van der Waals surface area contributed by atoms with Gasteiger partial charge in [0.25, 0.3) is 0 Å². The lowest BCUT2D eigenvalue weighted by Crippen LogP contribution is -2.23. The summed E-state index contributed by atoms with van der Waals surface area (Å²) in [6.07, 6.45) is 3.13. The molecule has 1 atom stereocenters. The average molecular weight is 284 g/mol. The van der Waals surface area contributed by atoms with Crippen LogP contribution in [0.5, 0.6) is 0 Å². The zero-order chi connectivity index (χ0) is 14.4. The van der Waals surface area contributed by atoms with E-state index in [1.54, 1.807) is 43.6 Å². The van der Waals surface area contributed by atoms with E-state index in [9.17, 15) is 4.79 Å². The molecule has 1 aromatic heterocycles. The largest absolute Gasteiger partial charge is 0.294 e. The van der Waals surface area contributed by atoms with Crippen molar-refractivity contribution < 1.29 is 4.79 Å². The zero-order valence-corrected chi connectivity index (χ0v) is 11.6. The molecular weight excluding hydrogens is 272 g/mol. The van der Waals surface area contributed by atoms with E-state index in [1.807, 2.05) is 6.07 Å². The fraction of sp³-hybridized carbons (Fsp3) is 0.143. The van der Waals surface area contributed by atoms with Crippen molar-refractivity contribution in [3.8, 4) is 6.07 Å². The van der Waals surface area contributed by atoms with Gasteiger partial charge in [-0.1, -0.05) is 6.07 Å². The van der Waals surface area contributed by atoms with Crippen LogP contribution in [-0.2, 0) is 4.79 Å². The molecule has 100 valence electrons. The van der Waals surface area contributed by atoms with Crippen LogP contribution in [0.25, 0.3) is 0 Å². The van der Waals surface area contributed by atoms with Crippen LogP contribution in [0, 0.1) is 11.3 Å². The van der Waals surface area contributed by atoms with Crippen molar-refractivity contribution in [2.45, 2.75) is 17.1 Å². The maximum absolute atomic E-state index is 12.0. The van der Waals surface area contributed by atoms with Gasteiger partial charge in [0.15, 0.2) is 0 Å². The van der Waals surface area contributed by atoms with Crippen LogP contribution < -0.4 is 5.32 Å². The lowest BCUT2D eigenvalue weighted by molar-refractivity contribution is -0.115. The Morgan fingerprint density at radius 2 is 2.10 bits per heavy atom. The number of benzene rings is 1. The minimum Gasteiger partial charge on any atom is -0.294 e. The molecule has 0 aliphatic rings. The van der Waals surface area contributed by atoms with Crippen molar-refractivity contribution in [3.63, 3.8) is 0 Å². The second-order valence-electron chi connectivity index (χ2n) is 3.96. The summed E-state index contributed by atoms with van der Waals surface area (Å²) in [7, 11) is 0. The van der Waals surface area contributed by atoms with Crippen LogP contribution in [0.1, 0.15) is 12.5 Å². The molecule has 1 heterocycles. The maximum Gasteiger partial charge on any atom is 0.239 e. The first-order valence-corrected chi connectivity index (χ1v) is 6.81. The summed E-state index contributed by atoms with van der Waals surface area (Å²) in [5, 5.41) is 11.2. The number of hydrogen-bond donors (Lipinski definition) is 1. The van der Waals surface area contributed by atoms with E-state index >= 15 is 0 Å². The predicted octanol–water partition coefficient (Wildman–Crippen LogP) is 2.47. The molecule has 6 heteroatoms. The van der Waals surface area contributed by atoms with Crippen LogP contribution in [0.4, 0.5) is 5.95 Å². The van der Waals surface area contributed by atoms with Crippen LogP contribution in [0.15, 0.2) is 47.6 Å². The van der Waals surface area contributed by atoms with Crippen molar-refractivity contribution >= 4 is 23.6 Å². The van der Waals surface area contributed by atoms with E-state index in [4.69, 9.17) is 5.26 Å². The Labute approximate surface area is 121 Å². The van der Waals surface area contributed by atoms with Gasteiger partial charge in [-0.3, -0.25) is 10.1 Å². The number of nitrogens with zero attached hydrogens (tertiary/aromatic N) is 3. The number of aromatic nitrogens is 2. The van der Waals surface area contributed by atoms with Gasteiger partial charge >= 0.3 is 0 Å². The first kappa shape index (κ1) is 14.0. The molecule has 0 bridgehead atoms. The Kier molecular flexibility index (Phi) is 4.69. The summed E-state index contributed by atoms with van der Waals surface area (Å²) in [5.74, 6) is 0.110. The fourth-order valence-corrected chi connectivity index (χ4v) is 2.40. The smallest absolute Gasteiger partial charge is 0.239 e. The number of nitrogens with one attached hydrogen (secondary N) is 1. The maximum atomic E-state index is 12.0. The van der Waals surface area contributed by atoms with Crippen LogP contribution in [0.2, 0.25) is 0 Å². The van der Waals surface area contributed by atoms with E-state index < -0.39 is 0 Å². The molecule has 0 spiro atoms. The van der Waals surface area contributed by atoms with Gasteiger partial charge in [-0.2, -0.15) is 5.26 Å². The molecule has 2 aromatic rings. The Morgan fingerprint density at radius 3 is 2.80 bits per heavy atom. The number of amides is 1. The first-order valence-electron chi connectivity index (χ1n) is 5.94. The van der Waals surface area contributed by atoms with Crippen molar-refractivity contribution in [1.82, 2.24) is 9.97 Å². The van der Waals surface area contributed by atoms with E-state index in [2.05, 4.69) is 21.4 Å². The minimum absolute atomic E-state index is 0.177. The van der Waals surface area contributed by atoms with Crippen LogP contribution >= 0.6 is 11.8 Å². The van der Waals surface area contributed by atoms with E-state index in [-0.39, 0.29) is 17.1 Å². The van der Waals surface area contributed by atoms with Gasteiger partial charge < -0.3 is 0 Å². The van der Waals surface area contributed by atoms with E-state index in [0.717, 1.165) is 4.90 Å². The number of nitriles is 1. The van der Waals surface area contributed by atoms with Crippen molar-refractivity contribution in [2.24, 2.45) is 0 Å². The summed E-state index contributed by atoms with van der Waals surface area (Å²) >= 11 is 1.38. The molecular formula is C14H12N4OS. The number of carbonyl (C=O) groups is 1. The molecule has 0 aliphatic heterocycles. The quantitative estimate of drug-likeness (QED) is 0.872. The first-order chi connectivity index (χ1) is 9.69. The van der Waals surface area contributed by atoms with Gasteiger partial charge in [0.2, 0.25) is 11.9 Å². The molecule has 0 radical (unpaired) electrons. The molecule has 5 nitrogen and oxygen atoms in total. The second kappa shape index (κ2) is 6.68. The molecule has 0 fully saturated rings. The molecule has 1 N–H and O–H groups in total. The van der Waals surface area contributed by atoms with Crippen molar-refractivity contribution in [3.05, 3.63) is 48.3 Å². The van der Waals surface area contributed by atoms with E-state index in [0.29, 0.717) is 5.56 Å². The number of thioether (sulfide) groups is 1. The molecule has 1 aromatic carbocycles. The second-order valence-corrected chi connectivity index (χ2v) is 5.38. The molecule has 1 amide bonds. The Bertz CT molecular complexity index is 639. The summed E-state index contributed by atoms with van der Waals surface area (Å²) in [6.45, 7) is 1.79. The highest BCUT2D eigenvalue weighted by atomic mass is 32.2. The molecule has 1 unspecified atom stereocenters. The van der Waals surface area contributed by atoms with Crippen LogP contribution in [-0.4, -0.2) is 21.1 Å². The highest BCUT2D eigenvalue weighted by Gasteiger charge is 2.15. The molecule has 0 saturated carbocycles. The van der Waals surface area contributed by atoms with Gasteiger partial charge in [0, 0.05) is 17.3 Å². The van der Waals surface area contributed by atoms with Gasteiger partial charge in [0.1, 0.15) is 0 Å². The molecule has 20 heavy (non-hydrogen) atoms. The summed E-state index contributed by atoms with van der Waals surface area (Å²) in [5.41, 5.74) is 0.578. The van der Waals surface area contributed by atoms with Gasteiger partial charge in [-0.05, 0) is 31.2 Å². The summed E-state index contributed by atoms with van der Waals surface area (Å²) in [4.78, 5) is 20.8. The van der Waals surface area contributed by atoms with Crippen molar-refractivity contribution in [1.29, 1.82) is 5.26 Å². The zero-order valence-electron chi connectivity index (χ0n) is 10.8. The van der Waals surface area contributed by atoms with Gasteiger partial charge in [-0.15, -0.1) is 11.8 Å². The number of anilines is 1. The van der Waals surface area contributed by atoms with Gasteiger partial charge in [-0.25, -0.2) is 9.97 Å². The lowest BCUT2D eigenvalue weighted by Gasteiger charge is -2.10. The minimum atomic E-state index is -0.312. The number of rotatable bonds is 4. The van der Waals surface area contributed by atoms with E-state index in [1.165, 1.54) is 11.8 Å². The molecule has 0 aliphatic carbocycles. The third-order valence-corrected chi connectivity index (χ3v) is 3.54. The fourth-order valence-electron chi connectivity index (χ4n) is 1.47. The number of hydrogen-bond acceptors (Lipinski definition) is 5. The Balaban J connectivity index is 1.99. The standard InChI is InChI=1S/C14H12N4OS/c1-10(13(19)18-14-16-6-3-7-17-14)20-12-5-2-4-11(8-12)9-15/h2-8,10H,1H3,(H,16,17,18,19). The summed E-state index contributed by atoms with van der Waals surface area (Å²) in [6, 6.07) is 10.9. The predicted molar refractivity (Wildman–Crippen MR) is 77.1 cm³/mol. The summed E-state index contributed by atoms with van der Waals surface area (Å²) < 4.78 is 0. The Morgan fingerprint density at radius 1 is 1.35 bits per heavy atom. The Hall–Kier alpha value is -2.39. The van der Waals surface area contributed by atoms with Gasteiger partial charge in [0.05, 0.1) is 16.9 Å². The highest BCUT2D eigenvalue weighted by Crippen LogP contribution is 2.24. The lowest BCUT2D eigenvalue weighted by atomic mass is 10.2. The topological polar surface area (TPSA) is 78.7 Å². The molecule has 0 saturated heterocycles. The normalized spacial score (nSPS) is 11.4. The van der Waals surface area contributed by atoms with Crippen LogP contribution in [0.3, 0.4) is 0 Å². The monoisotopic (exact) mass is 284 g/mol. The van der Waals surface area contributed by atoms with Crippen molar-refractivity contribution in [2.75, 3.05) is 5.32 Å². The number of carbonyl (C=O) groups excluding carboxylic acids is 1. The third-order valence-electron chi connectivity index (χ3n) is 2.45. The third kappa shape index (κ3) is 3.80. The average Bonchev–Trinajstić information content (AvgIpc) is 2.48.